The fourth-order valence-electron chi connectivity index (χ4n) is 4.43. The van der Waals surface area contributed by atoms with Gasteiger partial charge in [-0.05, 0) is 47.2 Å². The van der Waals surface area contributed by atoms with Crippen molar-refractivity contribution in [3.63, 3.8) is 0 Å². The quantitative estimate of drug-likeness (QED) is 0.178. The van der Waals surface area contributed by atoms with E-state index in [2.05, 4.69) is 41.7 Å². The van der Waals surface area contributed by atoms with Crippen molar-refractivity contribution >= 4 is 23.2 Å². The van der Waals surface area contributed by atoms with Gasteiger partial charge in [-0.25, -0.2) is 0 Å². The smallest absolute Gasteiger partial charge is 0.225 e. The van der Waals surface area contributed by atoms with E-state index in [1.165, 1.54) is 0 Å². The summed E-state index contributed by atoms with van der Waals surface area (Å²) in [7, 11) is 1.64. The lowest BCUT2D eigenvalue weighted by Crippen LogP contribution is -2.33. The third-order valence-corrected chi connectivity index (χ3v) is 6.62. The fraction of sp³-hybridized carbons (Fsp3) is 0.188. The second-order valence-electron chi connectivity index (χ2n) is 8.75. The molecule has 4 rings (SSSR count). The van der Waals surface area contributed by atoms with Crippen molar-refractivity contribution in [3.8, 4) is 0 Å². The van der Waals surface area contributed by atoms with E-state index in [1.807, 2.05) is 78.9 Å². The number of amides is 1. The third kappa shape index (κ3) is 6.73. The van der Waals surface area contributed by atoms with E-state index in [-0.39, 0.29) is 19.1 Å². The summed E-state index contributed by atoms with van der Waals surface area (Å²) in [5.74, 6) is -0.0738. The molecule has 0 aliphatic rings. The van der Waals surface area contributed by atoms with Gasteiger partial charge in [-0.3, -0.25) is 9.79 Å². The highest BCUT2D eigenvalue weighted by molar-refractivity contribution is 6.30. The van der Waals surface area contributed by atoms with E-state index in [9.17, 15) is 4.79 Å². The average Bonchev–Trinajstić information content (AvgIpc) is 2.96. The number of nitrogens with one attached hydrogen (secondary N) is 1. The van der Waals surface area contributed by atoms with Gasteiger partial charge in [-0.2, -0.15) is 0 Å². The van der Waals surface area contributed by atoms with E-state index in [0.717, 1.165) is 34.4 Å². The van der Waals surface area contributed by atoms with Crippen LogP contribution in [0.2, 0.25) is 5.02 Å². The number of ether oxygens (including phenoxy) is 1. The minimum Gasteiger partial charge on any atom is -0.359 e. The van der Waals surface area contributed by atoms with Crippen LogP contribution in [0.25, 0.3) is 0 Å². The normalized spacial score (nSPS) is 11.8. The van der Waals surface area contributed by atoms with Gasteiger partial charge >= 0.3 is 0 Å². The first-order valence-electron chi connectivity index (χ1n) is 12.4. The number of benzene rings is 4. The molecule has 0 unspecified atom stereocenters. The number of carbonyl (C=O) groups is 1. The van der Waals surface area contributed by atoms with Crippen molar-refractivity contribution in [2.45, 2.75) is 24.9 Å². The molecular formula is C32H31ClN2O2. The van der Waals surface area contributed by atoms with Crippen LogP contribution >= 0.6 is 11.6 Å². The fourth-order valence-corrected chi connectivity index (χ4v) is 4.55. The van der Waals surface area contributed by atoms with Gasteiger partial charge in [0.1, 0.15) is 12.3 Å². The first-order valence-corrected chi connectivity index (χ1v) is 12.8. The molecule has 0 aliphatic carbocycles. The van der Waals surface area contributed by atoms with Gasteiger partial charge in [-0.15, -0.1) is 0 Å². The van der Waals surface area contributed by atoms with E-state index in [1.54, 1.807) is 7.05 Å². The maximum absolute atomic E-state index is 12.3. The minimum absolute atomic E-state index is 0.0738. The zero-order valence-corrected chi connectivity index (χ0v) is 21.7. The van der Waals surface area contributed by atoms with E-state index in [4.69, 9.17) is 21.3 Å². The van der Waals surface area contributed by atoms with E-state index in [0.29, 0.717) is 11.4 Å². The summed E-state index contributed by atoms with van der Waals surface area (Å²) < 4.78 is 6.76. The number of nitrogens with zero attached hydrogens (tertiary/aromatic N) is 1. The Morgan fingerprint density at radius 2 is 1.27 bits per heavy atom. The molecular weight excluding hydrogens is 480 g/mol. The van der Waals surface area contributed by atoms with Gasteiger partial charge in [0.05, 0.1) is 6.42 Å². The molecule has 0 radical (unpaired) electrons. The molecule has 5 heteroatoms. The van der Waals surface area contributed by atoms with Gasteiger partial charge in [0, 0.05) is 17.8 Å². The Morgan fingerprint density at radius 3 is 1.73 bits per heavy atom. The third-order valence-electron chi connectivity index (χ3n) is 6.37. The summed E-state index contributed by atoms with van der Waals surface area (Å²) in [6, 6.07) is 38.4. The van der Waals surface area contributed by atoms with E-state index < -0.39 is 5.60 Å². The molecule has 0 saturated carbocycles. The Bertz CT molecular complexity index is 1190. The van der Waals surface area contributed by atoms with Crippen LogP contribution in [0.1, 0.15) is 35.1 Å². The largest absolute Gasteiger partial charge is 0.359 e. The van der Waals surface area contributed by atoms with Crippen molar-refractivity contribution in [1.29, 1.82) is 0 Å². The topological polar surface area (TPSA) is 50.7 Å². The number of hydrogen-bond donors (Lipinski definition) is 1. The first-order chi connectivity index (χ1) is 18.1. The standard InChI is InChI=1S/C32H31ClN2O2/c1-34-31(36)23-30(22-19-25-17-20-29(33)21-18-25)35-24-37-32(26-11-5-2-6-12-26,27-13-7-3-8-14-27)28-15-9-4-10-16-28/h2-18,20-21H,19,22-24H2,1H3,(H,34,36). The van der Waals surface area contributed by atoms with Crippen LogP contribution in [0.15, 0.2) is 120 Å². The molecule has 0 aliphatic heterocycles. The van der Waals surface area contributed by atoms with Crippen molar-refractivity contribution in [2.75, 3.05) is 13.8 Å². The molecule has 37 heavy (non-hydrogen) atoms. The number of rotatable bonds is 11. The monoisotopic (exact) mass is 510 g/mol. The van der Waals surface area contributed by atoms with Crippen LogP contribution < -0.4 is 5.32 Å². The number of carbonyl (C=O) groups excluding carboxylic acids is 1. The summed E-state index contributed by atoms with van der Waals surface area (Å²) in [5, 5.41) is 3.41. The predicted octanol–water partition coefficient (Wildman–Crippen LogP) is 6.82. The lowest BCUT2D eigenvalue weighted by molar-refractivity contribution is -0.119. The Morgan fingerprint density at radius 1 is 0.784 bits per heavy atom. The molecule has 0 bridgehead atoms. The summed E-state index contributed by atoms with van der Waals surface area (Å²) in [5.41, 5.74) is 4.10. The Kier molecular flexibility index (Phi) is 9.25. The van der Waals surface area contributed by atoms with Crippen molar-refractivity contribution < 1.29 is 9.53 Å². The Hall–Kier alpha value is -3.73. The summed E-state index contributed by atoms with van der Waals surface area (Å²) in [4.78, 5) is 17.1. The molecule has 4 aromatic carbocycles. The Balaban J connectivity index is 1.67. The molecule has 1 N–H and O–H groups in total. The molecule has 4 nitrogen and oxygen atoms in total. The molecule has 0 aromatic heterocycles. The van der Waals surface area contributed by atoms with Gasteiger partial charge < -0.3 is 10.1 Å². The van der Waals surface area contributed by atoms with Crippen LogP contribution in [-0.2, 0) is 21.6 Å². The maximum Gasteiger partial charge on any atom is 0.225 e. The van der Waals surface area contributed by atoms with Crippen LogP contribution in [0, 0.1) is 0 Å². The summed E-state index contributed by atoms with van der Waals surface area (Å²) >= 11 is 6.03. The van der Waals surface area contributed by atoms with Crippen LogP contribution in [0.4, 0.5) is 0 Å². The van der Waals surface area contributed by atoms with Crippen molar-refractivity contribution in [1.82, 2.24) is 5.32 Å². The Labute approximate surface area is 224 Å². The summed E-state index contributed by atoms with van der Waals surface area (Å²) in [6.07, 6.45) is 1.63. The SMILES string of the molecule is CNC(=O)CC(CCc1ccc(Cl)cc1)=NCOC(c1ccccc1)(c1ccccc1)c1ccccc1. The molecule has 0 heterocycles. The molecule has 0 atom stereocenters. The zero-order valence-electron chi connectivity index (χ0n) is 20.9. The second kappa shape index (κ2) is 13.0. The van der Waals surface area contributed by atoms with Crippen molar-refractivity contribution in [3.05, 3.63) is 143 Å². The lowest BCUT2D eigenvalue weighted by Gasteiger charge is -2.35. The van der Waals surface area contributed by atoms with Crippen LogP contribution in [0.5, 0.6) is 0 Å². The highest BCUT2D eigenvalue weighted by Gasteiger charge is 2.37. The van der Waals surface area contributed by atoms with E-state index >= 15 is 0 Å². The molecule has 4 aromatic rings. The number of aliphatic imine (C=N–C) groups is 1. The van der Waals surface area contributed by atoms with Crippen LogP contribution in [-0.4, -0.2) is 25.4 Å². The van der Waals surface area contributed by atoms with Gasteiger partial charge in [0.2, 0.25) is 5.91 Å². The molecule has 1 amide bonds. The summed E-state index contributed by atoms with van der Waals surface area (Å²) in [6.45, 7) is 0.103. The van der Waals surface area contributed by atoms with Gasteiger partial charge in [0.15, 0.2) is 0 Å². The number of hydrogen-bond acceptors (Lipinski definition) is 3. The lowest BCUT2D eigenvalue weighted by atomic mass is 9.80. The first kappa shape index (κ1) is 26.3. The molecule has 188 valence electrons. The highest BCUT2D eigenvalue weighted by Crippen LogP contribution is 2.40. The number of aryl methyl sites for hydroxylation is 1. The molecule has 0 saturated heterocycles. The second-order valence-corrected chi connectivity index (χ2v) is 9.19. The maximum atomic E-state index is 12.3. The molecule has 0 spiro atoms. The minimum atomic E-state index is -0.860. The van der Waals surface area contributed by atoms with Gasteiger partial charge in [0.25, 0.3) is 0 Å². The van der Waals surface area contributed by atoms with Crippen LogP contribution in [0.3, 0.4) is 0 Å². The highest BCUT2D eigenvalue weighted by atomic mass is 35.5. The molecule has 0 fully saturated rings. The zero-order chi connectivity index (χ0) is 25.9. The predicted molar refractivity (Wildman–Crippen MR) is 151 cm³/mol. The van der Waals surface area contributed by atoms with Crippen molar-refractivity contribution in [2.24, 2.45) is 4.99 Å². The average molecular weight is 511 g/mol. The number of halogens is 1. The van der Waals surface area contributed by atoms with Gasteiger partial charge in [-0.1, -0.05) is 115 Å².